The number of rotatable bonds is 5. The molecule has 11 heavy (non-hydrogen) atoms. The Balaban J connectivity index is 3.72. The summed E-state index contributed by atoms with van der Waals surface area (Å²) in [5, 5.41) is 0. The molecule has 66 valence electrons. The largest absolute Gasteiger partial charge is 0.325 e. The Kier molecular flexibility index (Phi) is 4.22. The summed E-state index contributed by atoms with van der Waals surface area (Å²) in [6, 6.07) is 0. The van der Waals surface area contributed by atoms with Crippen molar-refractivity contribution in [3.8, 4) is 0 Å². The van der Waals surface area contributed by atoms with Crippen LogP contribution in [0.1, 0.15) is 0 Å². The predicted octanol–water partition coefficient (Wildman–Crippen LogP) is 0.698. The molecule has 0 bridgehead atoms. The van der Waals surface area contributed by atoms with Gasteiger partial charge < -0.3 is 5.73 Å². The minimum Gasteiger partial charge on any atom is -0.325 e. The van der Waals surface area contributed by atoms with Crippen molar-refractivity contribution in [1.82, 2.24) is 4.90 Å². The van der Waals surface area contributed by atoms with Crippen LogP contribution in [0.2, 0.25) is 0 Å². The molecule has 0 rings (SSSR count). The quantitative estimate of drug-likeness (QED) is 0.606. The second-order valence-electron chi connectivity index (χ2n) is 2.55. The fraction of sp³-hybridized carbons (Fsp3) is 0.714. The van der Waals surface area contributed by atoms with E-state index in [9.17, 15) is 8.78 Å². The van der Waals surface area contributed by atoms with Crippen molar-refractivity contribution in [2.24, 2.45) is 5.73 Å². The molecule has 0 saturated heterocycles. The van der Waals surface area contributed by atoms with Gasteiger partial charge in [-0.25, -0.2) is 8.78 Å². The van der Waals surface area contributed by atoms with E-state index in [1.54, 1.807) is 13.1 Å². The SMILES string of the molecule is C=CCN(C)CC(F)(F)CN. The first kappa shape index (κ1) is 10.5. The molecule has 2 nitrogen and oxygen atoms in total. The lowest BCUT2D eigenvalue weighted by atomic mass is 10.3. The maximum absolute atomic E-state index is 12.5. The van der Waals surface area contributed by atoms with Crippen LogP contribution in [0.5, 0.6) is 0 Å². The molecule has 0 radical (unpaired) electrons. The number of likely N-dealkylation sites (N-methyl/N-ethyl adjacent to an activating group) is 1. The summed E-state index contributed by atoms with van der Waals surface area (Å²) < 4.78 is 25.1. The van der Waals surface area contributed by atoms with Crippen LogP contribution in [-0.2, 0) is 0 Å². The molecule has 0 aromatic rings. The third kappa shape index (κ3) is 4.86. The smallest absolute Gasteiger partial charge is 0.272 e. The zero-order valence-corrected chi connectivity index (χ0v) is 6.69. The van der Waals surface area contributed by atoms with Gasteiger partial charge in [0.05, 0.1) is 13.1 Å². The number of nitrogens with zero attached hydrogens (tertiary/aromatic N) is 1. The molecular weight excluding hydrogens is 150 g/mol. The molecule has 0 fully saturated rings. The van der Waals surface area contributed by atoms with Gasteiger partial charge in [0, 0.05) is 6.54 Å². The van der Waals surface area contributed by atoms with Crippen LogP contribution in [-0.4, -0.2) is 37.5 Å². The summed E-state index contributed by atoms with van der Waals surface area (Å²) in [4.78, 5) is 1.47. The molecule has 0 atom stereocenters. The van der Waals surface area contributed by atoms with E-state index in [4.69, 9.17) is 5.73 Å². The zero-order chi connectivity index (χ0) is 8.91. The van der Waals surface area contributed by atoms with Gasteiger partial charge in [-0.05, 0) is 7.05 Å². The van der Waals surface area contributed by atoms with Crippen molar-refractivity contribution in [3.63, 3.8) is 0 Å². The van der Waals surface area contributed by atoms with Crippen molar-refractivity contribution >= 4 is 0 Å². The highest BCUT2D eigenvalue weighted by molar-refractivity contribution is 4.76. The Morgan fingerprint density at radius 1 is 1.64 bits per heavy atom. The lowest BCUT2D eigenvalue weighted by molar-refractivity contribution is -0.0150. The fourth-order valence-corrected chi connectivity index (χ4v) is 0.744. The molecule has 2 N–H and O–H groups in total. The predicted molar refractivity (Wildman–Crippen MR) is 41.7 cm³/mol. The third-order valence-corrected chi connectivity index (χ3v) is 1.24. The van der Waals surface area contributed by atoms with Gasteiger partial charge in [-0.1, -0.05) is 6.08 Å². The van der Waals surface area contributed by atoms with E-state index >= 15 is 0 Å². The highest BCUT2D eigenvalue weighted by atomic mass is 19.3. The van der Waals surface area contributed by atoms with E-state index in [0.717, 1.165) is 0 Å². The van der Waals surface area contributed by atoms with E-state index < -0.39 is 12.5 Å². The van der Waals surface area contributed by atoms with Gasteiger partial charge in [-0.3, -0.25) is 4.90 Å². The summed E-state index contributed by atoms with van der Waals surface area (Å²) in [7, 11) is 1.60. The summed E-state index contributed by atoms with van der Waals surface area (Å²) in [6.45, 7) is 2.98. The first-order valence-electron chi connectivity index (χ1n) is 3.39. The van der Waals surface area contributed by atoms with Gasteiger partial charge >= 0.3 is 0 Å². The van der Waals surface area contributed by atoms with E-state index in [-0.39, 0.29) is 6.54 Å². The first-order chi connectivity index (χ1) is 5.02. The Hall–Kier alpha value is -0.480. The normalized spacial score (nSPS) is 12.1. The van der Waals surface area contributed by atoms with Crippen molar-refractivity contribution in [1.29, 1.82) is 0 Å². The number of halogens is 2. The topological polar surface area (TPSA) is 29.3 Å². The van der Waals surface area contributed by atoms with E-state index in [1.807, 2.05) is 0 Å². The van der Waals surface area contributed by atoms with Gasteiger partial charge in [-0.2, -0.15) is 0 Å². The summed E-state index contributed by atoms with van der Waals surface area (Å²) in [5.74, 6) is -2.78. The van der Waals surface area contributed by atoms with Crippen LogP contribution in [0, 0.1) is 0 Å². The van der Waals surface area contributed by atoms with Crippen LogP contribution >= 0.6 is 0 Å². The average molecular weight is 164 g/mol. The number of hydrogen-bond acceptors (Lipinski definition) is 2. The Labute approximate surface area is 65.7 Å². The van der Waals surface area contributed by atoms with Crippen molar-refractivity contribution < 1.29 is 8.78 Å². The van der Waals surface area contributed by atoms with E-state index in [2.05, 4.69) is 6.58 Å². The van der Waals surface area contributed by atoms with Gasteiger partial charge in [0.25, 0.3) is 5.92 Å². The Morgan fingerprint density at radius 3 is 2.55 bits per heavy atom. The van der Waals surface area contributed by atoms with Crippen molar-refractivity contribution in [2.45, 2.75) is 5.92 Å². The minimum atomic E-state index is -2.78. The molecular formula is C7H14F2N2. The van der Waals surface area contributed by atoms with Crippen LogP contribution in [0.15, 0.2) is 12.7 Å². The monoisotopic (exact) mass is 164 g/mol. The molecule has 0 aliphatic rings. The second kappa shape index (κ2) is 4.41. The highest BCUT2D eigenvalue weighted by Crippen LogP contribution is 2.11. The van der Waals surface area contributed by atoms with Gasteiger partial charge in [0.1, 0.15) is 0 Å². The number of alkyl halides is 2. The molecule has 0 amide bonds. The minimum absolute atomic E-state index is 0.310. The summed E-state index contributed by atoms with van der Waals surface area (Å²) in [6.07, 6.45) is 1.58. The third-order valence-electron chi connectivity index (χ3n) is 1.24. The zero-order valence-electron chi connectivity index (χ0n) is 6.69. The Morgan fingerprint density at radius 2 is 2.18 bits per heavy atom. The maximum Gasteiger partial charge on any atom is 0.272 e. The molecule has 0 unspecified atom stereocenters. The van der Waals surface area contributed by atoms with Crippen LogP contribution in [0.25, 0.3) is 0 Å². The van der Waals surface area contributed by atoms with Crippen LogP contribution < -0.4 is 5.73 Å². The molecule has 0 saturated carbocycles. The molecule has 4 heteroatoms. The van der Waals surface area contributed by atoms with E-state index in [1.165, 1.54) is 4.90 Å². The molecule has 0 aliphatic carbocycles. The van der Waals surface area contributed by atoms with Crippen molar-refractivity contribution in [2.75, 3.05) is 26.7 Å². The molecule has 0 aromatic heterocycles. The second-order valence-corrected chi connectivity index (χ2v) is 2.55. The number of hydrogen-bond donors (Lipinski definition) is 1. The van der Waals surface area contributed by atoms with Gasteiger partial charge in [0.2, 0.25) is 0 Å². The van der Waals surface area contributed by atoms with Crippen LogP contribution in [0.4, 0.5) is 8.78 Å². The standard InChI is InChI=1S/C7H14F2N2/c1-3-4-11(2)6-7(8,9)5-10/h3H,1,4-6,10H2,2H3. The number of nitrogens with two attached hydrogens (primary N) is 1. The highest BCUT2D eigenvalue weighted by Gasteiger charge is 2.27. The first-order valence-corrected chi connectivity index (χ1v) is 3.39. The van der Waals surface area contributed by atoms with Gasteiger partial charge in [-0.15, -0.1) is 6.58 Å². The Bertz CT molecular complexity index is 126. The molecule has 0 aromatic carbocycles. The lowest BCUT2D eigenvalue weighted by Gasteiger charge is -2.20. The van der Waals surface area contributed by atoms with Gasteiger partial charge in [0.15, 0.2) is 0 Å². The van der Waals surface area contributed by atoms with E-state index in [0.29, 0.717) is 6.54 Å². The summed E-state index contributed by atoms with van der Waals surface area (Å²) >= 11 is 0. The molecule has 0 spiro atoms. The average Bonchev–Trinajstić information content (AvgIpc) is 1.87. The van der Waals surface area contributed by atoms with Crippen LogP contribution in [0.3, 0.4) is 0 Å². The fourth-order valence-electron chi connectivity index (χ4n) is 0.744. The maximum atomic E-state index is 12.5. The summed E-state index contributed by atoms with van der Waals surface area (Å²) in [5.41, 5.74) is 4.85. The lowest BCUT2D eigenvalue weighted by Crippen LogP contribution is -2.40. The molecule has 0 aliphatic heterocycles. The van der Waals surface area contributed by atoms with Crippen molar-refractivity contribution in [3.05, 3.63) is 12.7 Å². The molecule has 0 heterocycles.